The van der Waals surface area contributed by atoms with Crippen LogP contribution >= 0.6 is 31.9 Å². The maximum absolute atomic E-state index is 12.5. The van der Waals surface area contributed by atoms with E-state index in [1.807, 2.05) is 13.0 Å². The van der Waals surface area contributed by atoms with Crippen LogP contribution in [0, 0.1) is 0 Å². The molecule has 11 heteroatoms. The van der Waals surface area contributed by atoms with Crippen molar-refractivity contribution >= 4 is 55.4 Å². The number of rotatable bonds is 3. The SMILES string of the molecule is CC(C)(C)OC(=O)NC1=NC(C)(c2cc(Br)cc(NC(=O)c3ncc(Br)cn3)c2)COC1. The van der Waals surface area contributed by atoms with Crippen LogP contribution in [0.2, 0.25) is 0 Å². The fourth-order valence-corrected chi connectivity index (χ4v) is 3.63. The Morgan fingerprint density at radius 2 is 1.78 bits per heavy atom. The lowest BCUT2D eigenvalue weighted by Crippen LogP contribution is -2.44. The molecule has 2 N–H and O–H groups in total. The Labute approximate surface area is 202 Å². The third-order valence-electron chi connectivity index (χ3n) is 4.25. The lowest BCUT2D eigenvalue weighted by Gasteiger charge is -2.32. The molecule has 0 spiro atoms. The first-order chi connectivity index (χ1) is 14.9. The van der Waals surface area contributed by atoms with E-state index in [1.54, 1.807) is 32.9 Å². The average Bonchev–Trinajstić information content (AvgIpc) is 2.66. The van der Waals surface area contributed by atoms with Gasteiger partial charge in [0, 0.05) is 22.6 Å². The summed E-state index contributed by atoms with van der Waals surface area (Å²) in [6.07, 6.45) is 2.41. The summed E-state index contributed by atoms with van der Waals surface area (Å²) in [7, 11) is 0. The van der Waals surface area contributed by atoms with E-state index in [0.29, 0.717) is 22.6 Å². The fourth-order valence-electron chi connectivity index (χ4n) is 2.93. The molecule has 0 fully saturated rings. The summed E-state index contributed by atoms with van der Waals surface area (Å²) < 4.78 is 12.4. The first-order valence-electron chi connectivity index (χ1n) is 9.70. The molecule has 32 heavy (non-hydrogen) atoms. The molecule has 1 unspecified atom stereocenters. The van der Waals surface area contributed by atoms with Crippen molar-refractivity contribution in [3.05, 3.63) is 50.9 Å². The smallest absolute Gasteiger partial charge is 0.413 e. The third-order valence-corrected chi connectivity index (χ3v) is 5.12. The van der Waals surface area contributed by atoms with Crippen molar-refractivity contribution in [2.75, 3.05) is 18.5 Å². The van der Waals surface area contributed by atoms with Gasteiger partial charge in [-0.05, 0) is 67.4 Å². The lowest BCUT2D eigenvalue weighted by molar-refractivity contribution is 0.0543. The minimum atomic E-state index is -0.792. The quantitative estimate of drug-likeness (QED) is 0.566. The van der Waals surface area contributed by atoms with Crippen LogP contribution < -0.4 is 10.6 Å². The Morgan fingerprint density at radius 3 is 2.44 bits per heavy atom. The van der Waals surface area contributed by atoms with Crippen molar-refractivity contribution in [3.63, 3.8) is 0 Å². The zero-order chi connectivity index (χ0) is 23.5. The number of amidine groups is 1. The number of aliphatic imine (C=N–C) groups is 1. The number of hydrogen-bond acceptors (Lipinski definition) is 7. The molecule has 9 nitrogen and oxygen atoms in total. The monoisotopic (exact) mass is 567 g/mol. The van der Waals surface area contributed by atoms with Gasteiger partial charge in [0.2, 0.25) is 5.82 Å². The minimum Gasteiger partial charge on any atom is -0.444 e. The highest BCUT2D eigenvalue weighted by molar-refractivity contribution is 9.10. The Bertz CT molecular complexity index is 1050. The average molecular weight is 569 g/mol. The molecule has 170 valence electrons. The van der Waals surface area contributed by atoms with E-state index >= 15 is 0 Å². The molecule has 1 atom stereocenters. The van der Waals surface area contributed by atoms with Crippen LogP contribution in [0.25, 0.3) is 0 Å². The van der Waals surface area contributed by atoms with Gasteiger partial charge in [0.15, 0.2) is 0 Å². The number of carbonyl (C=O) groups excluding carboxylic acids is 2. The highest BCUT2D eigenvalue weighted by Gasteiger charge is 2.32. The summed E-state index contributed by atoms with van der Waals surface area (Å²) in [5.41, 5.74) is -0.101. The normalized spacial score (nSPS) is 18.5. The first-order valence-corrected chi connectivity index (χ1v) is 11.3. The molecule has 1 aliphatic heterocycles. The highest BCUT2D eigenvalue weighted by Crippen LogP contribution is 2.33. The number of alkyl carbamates (subject to hydrolysis) is 1. The second-order valence-corrected chi connectivity index (χ2v) is 10.2. The molecule has 0 bridgehead atoms. The summed E-state index contributed by atoms with van der Waals surface area (Å²) in [4.78, 5) is 37.4. The number of ether oxygens (including phenoxy) is 2. The van der Waals surface area contributed by atoms with Gasteiger partial charge in [0.25, 0.3) is 5.91 Å². The fraction of sp³-hybridized carbons (Fsp3) is 0.381. The van der Waals surface area contributed by atoms with E-state index in [2.05, 4.69) is 52.5 Å². The van der Waals surface area contributed by atoms with Crippen molar-refractivity contribution in [2.24, 2.45) is 4.99 Å². The Morgan fingerprint density at radius 1 is 1.09 bits per heavy atom. The number of nitrogens with one attached hydrogen (secondary N) is 2. The molecular formula is C21H23Br2N5O4. The zero-order valence-electron chi connectivity index (χ0n) is 18.0. The maximum atomic E-state index is 12.5. The number of hydrogen-bond donors (Lipinski definition) is 2. The van der Waals surface area contributed by atoms with Gasteiger partial charge >= 0.3 is 6.09 Å². The Balaban J connectivity index is 1.81. The zero-order valence-corrected chi connectivity index (χ0v) is 21.2. The topological polar surface area (TPSA) is 115 Å². The van der Waals surface area contributed by atoms with E-state index in [9.17, 15) is 9.59 Å². The van der Waals surface area contributed by atoms with Gasteiger partial charge < -0.3 is 14.8 Å². The summed E-state index contributed by atoms with van der Waals surface area (Å²) in [6, 6.07) is 5.44. The van der Waals surface area contributed by atoms with E-state index in [0.717, 1.165) is 10.0 Å². The molecule has 0 aliphatic carbocycles. The number of benzene rings is 1. The van der Waals surface area contributed by atoms with Crippen LogP contribution in [0.1, 0.15) is 43.9 Å². The summed E-state index contributed by atoms with van der Waals surface area (Å²) in [5.74, 6) is -0.0343. The number of anilines is 1. The third kappa shape index (κ3) is 6.57. The predicted octanol–water partition coefficient (Wildman–Crippen LogP) is 4.42. The first kappa shape index (κ1) is 24.3. The van der Waals surface area contributed by atoms with Crippen molar-refractivity contribution < 1.29 is 19.1 Å². The van der Waals surface area contributed by atoms with Gasteiger partial charge in [0.1, 0.15) is 23.6 Å². The van der Waals surface area contributed by atoms with Gasteiger partial charge in [-0.25, -0.2) is 14.8 Å². The van der Waals surface area contributed by atoms with Crippen LogP contribution in [0.15, 0.2) is 44.5 Å². The minimum absolute atomic E-state index is 0.0452. The van der Waals surface area contributed by atoms with E-state index in [4.69, 9.17) is 14.5 Å². The molecule has 2 heterocycles. The molecule has 0 saturated carbocycles. The van der Waals surface area contributed by atoms with Crippen molar-refractivity contribution in [1.82, 2.24) is 15.3 Å². The van der Waals surface area contributed by atoms with E-state index < -0.39 is 23.1 Å². The number of nitrogens with zero attached hydrogens (tertiary/aromatic N) is 3. The van der Waals surface area contributed by atoms with Crippen molar-refractivity contribution in [2.45, 2.75) is 38.8 Å². The van der Waals surface area contributed by atoms with Gasteiger partial charge in [-0.3, -0.25) is 15.1 Å². The highest BCUT2D eigenvalue weighted by atomic mass is 79.9. The molecule has 1 aliphatic rings. The van der Waals surface area contributed by atoms with Crippen LogP contribution in [-0.4, -0.2) is 46.6 Å². The van der Waals surface area contributed by atoms with Crippen LogP contribution in [0.5, 0.6) is 0 Å². The summed E-state index contributed by atoms with van der Waals surface area (Å²) in [5, 5.41) is 5.45. The van der Waals surface area contributed by atoms with Crippen LogP contribution in [0.4, 0.5) is 10.5 Å². The largest absolute Gasteiger partial charge is 0.444 e. The van der Waals surface area contributed by atoms with Crippen LogP contribution in [-0.2, 0) is 15.0 Å². The molecule has 1 aromatic carbocycles. The van der Waals surface area contributed by atoms with Crippen molar-refractivity contribution in [1.29, 1.82) is 0 Å². The van der Waals surface area contributed by atoms with Crippen molar-refractivity contribution in [3.8, 4) is 0 Å². The summed E-state index contributed by atoms with van der Waals surface area (Å²) in [6.45, 7) is 7.69. The van der Waals surface area contributed by atoms with Crippen LogP contribution in [0.3, 0.4) is 0 Å². The molecule has 0 saturated heterocycles. The van der Waals surface area contributed by atoms with Gasteiger partial charge in [0.05, 0.1) is 11.1 Å². The molecule has 0 radical (unpaired) electrons. The Hall–Kier alpha value is -2.37. The summed E-state index contributed by atoms with van der Waals surface area (Å²) >= 11 is 6.72. The number of halogens is 2. The molecule has 2 aromatic rings. The van der Waals surface area contributed by atoms with E-state index in [-0.39, 0.29) is 12.4 Å². The van der Waals surface area contributed by atoms with Gasteiger partial charge in [-0.1, -0.05) is 15.9 Å². The second-order valence-electron chi connectivity index (χ2n) is 8.36. The predicted molar refractivity (Wildman–Crippen MR) is 127 cm³/mol. The molecular weight excluding hydrogens is 546 g/mol. The standard InChI is InChI=1S/C21H23Br2N5O4/c1-20(2,3)32-19(30)27-16-10-31-11-21(4,28-16)12-5-13(22)7-15(6-12)26-18(29)17-24-8-14(23)9-25-17/h5-9H,10-11H2,1-4H3,(H,26,29)(H,27,28,30). The lowest BCUT2D eigenvalue weighted by atomic mass is 9.92. The molecule has 1 aromatic heterocycles. The molecule has 3 rings (SSSR count). The number of carbonyl (C=O) groups is 2. The number of aromatic nitrogens is 2. The maximum Gasteiger partial charge on any atom is 0.413 e. The van der Waals surface area contributed by atoms with E-state index in [1.165, 1.54) is 12.4 Å². The molecule has 2 amide bonds. The van der Waals surface area contributed by atoms with Gasteiger partial charge in [-0.2, -0.15) is 0 Å². The number of amides is 2. The Kier molecular flexibility index (Phi) is 7.31. The van der Waals surface area contributed by atoms with Gasteiger partial charge in [-0.15, -0.1) is 0 Å². The second kappa shape index (κ2) is 9.63.